The van der Waals surface area contributed by atoms with E-state index in [1.807, 2.05) is 36.4 Å². The van der Waals surface area contributed by atoms with E-state index in [0.29, 0.717) is 0 Å². The molecule has 0 fully saturated rings. The second-order valence-corrected chi connectivity index (χ2v) is 9.73. The number of nitrogens with one attached hydrogen (secondary N) is 3. The van der Waals surface area contributed by atoms with E-state index in [1.54, 1.807) is 0 Å². The molecule has 7 rings (SSSR count). The minimum atomic E-state index is 0.842. The van der Waals surface area contributed by atoms with E-state index >= 15 is 0 Å². The average Bonchev–Trinajstić information content (AvgIpc) is 3.69. The van der Waals surface area contributed by atoms with Crippen LogP contribution >= 0.6 is 0 Å². The Bertz CT molecular complexity index is 1600. The van der Waals surface area contributed by atoms with E-state index in [-0.39, 0.29) is 0 Å². The molecule has 4 heteroatoms. The van der Waals surface area contributed by atoms with Crippen molar-refractivity contribution < 1.29 is 4.98 Å². The number of hydrogen-bond donors (Lipinski definition) is 2. The second kappa shape index (κ2) is 10.4. The lowest BCUT2D eigenvalue weighted by molar-refractivity contribution is -0.349. The zero-order valence-electron chi connectivity index (χ0n) is 21.8. The maximum absolute atomic E-state index is 5.06. The van der Waals surface area contributed by atoms with Crippen LogP contribution in [-0.4, -0.2) is 15.0 Å². The summed E-state index contributed by atoms with van der Waals surface area (Å²) in [6.07, 6.45) is 0. The van der Waals surface area contributed by atoms with Crippen molar-refractivity contribution in [1.82, 2.24) is 15.0 Å². The summed E-state index contributed by atoms with van der Waals surface area (Å²) in [5.41, 5.74) is 10.7. The van der Waals surface area contributed by atoms with Crippen LogP contribution < -0.4 is 4.98 Å². The van der Waals surface area contributed by atoms with E-state index in [2.05, 4.69) is 124 Å². The van der Waals surface area contributed by atoms with Gasteiger partial charge < -0.3 is 4.98 Å². The van der Waals surface area contributed by atoms with Crippen molar-refractivity contribution in [2.45, 2.75) is 0 Å². The van der Waals surface area contributed by atoms with E-state index in [9.17, 15) is 0 Å². The molecule has 0 bridgehead atoms. The van der Waals surface area contributed by atoms with Crippen molar-refractivity contribution in [1.29, 1.82) is 0 Å². The number of hydrogen-bond acceptors (Lipinski definition) is 1. The Kier molecular flexibility index (Phi) is 6.11. The fraction of sp³-hybridized carbons (Fsp3) is 0. The first-order valence-corrected chi connectivity index (χ1v) is 13.4. The largest absolute Gasteiger partial charge is 0.337 e. The Morgan fingerprint density at radius 3 is 1.45 bits per heavy atom. The molecule has 0 aliphatic carbocycles. The second-order valence-electron chi connectivity index (χ2n) is 9.73. The van der Waals surface area contributed by atoms with Crippen molar-refractivity contribution in [3.05, 3.63) is 146 Å². The molecular formula is C36H27N4+. The van der Waals surface area contributed by atoms with Gasteiger partial charge in [0.15, 0.2) is 11.4 Å². The van der Waals surface area contributed by atoms with Crippen LogP contribution in [-0.2, 0) is 0 Å². The highest BCUT2D eigenvalue weighted by molar-refractivity contribution is 5.82. The van der Waals surface area contributed by atoms with Gasteiger partial charge in [0.05, 0.1) is 17.0 Å². The summed E-state index contributed by atoms with van der Waals surface area (Å²) in [5, 5.41) is 0. The molecule has 7 aromatic rings. The number of rotatable bonds is 6. The third-order valence-corrected chi connectivity index (χ3v) is 7.14. The molecule has 0 amide bonds. The Morgan fingerprint density at radius 2 is 0.875 bits per heavy atom. The fourth-order valence-electron chi connectivity index (χ4n) is 5.12. The zero-order chi connectivity index (χ0) is 26.7. The van der Waals surface area contributed by atoms with Crippen LogP contribution in [0.25, 0.3) is 67.8 Å². The molecule has 0 aliphatic rings. The summed E-state index contributed by atoms with van der Waals surface area (Å²) in [5.74, 6) is 1.80. The standard InChI is InChI=1S/C36H26N4/c1-5-13-25(14-6-1)31-32(26-15-7-2-8-16-26)38-35(37-31)29-21-23-30(24-22-29)36-39-33(27-17-9-3-10-18-27)34(40-36)28-19-11-4-12-20-28/h1-24H,(H,37,38)(H,39,40)/p+1. The Morgan fingerprint density at radius 1 is 0.400 bits per heavy atom. The molecule has 2 heterocycles. The molecule has 40 heavy (non-hydrogen) atoms. The molecule has 0 aliphatic heterocycles. The van der Waals surface area contributed by atoms with Gasteiger partial charge >= 0.3 is 0 Å². The maximum Gasteiger partial charge on any atom is 0.285 e. The van der Waals surface area contributed by atoms with E-state index in [4.69, 9.17) is 4.98 Å². The number of imidazole rings is 2. The first-order valence-electron chi connectivity index (χ1n) is 13.4. The lowest BCUT2D eigenvalue weighted by atomic mass is 10.1. The van der Waals surface area contributed by atoms with Gasteiger partial charge in [-0.05, 0) is 12.1 Å². The van der Waals surface area contributed by atoms with Gasteiger partial charge in [0.25, 0.3) is 5.82 Å². The van der Waals surface area contributed by atoms with Crippen molar-refractivity contribution in [3.63, 3.8) is 0 Å². The lowest BCUT2D eigenvalue weighted by Crippen LogP contribution is -2.05. The molecular weight excluding hydrogens is 488 g/mol. The number of aromatic nitrogens is 4. The Balaban J connectivity index is 1.28. The number of nitrogens with zero attached hydrogens (tertiary/aromatic N) is 1. The lowest BCUT2D eigenvalue weighted by Gasteiger charge is -2.02. The molecule has 0 atom stereocenters. The van der Waals surface area contributed by atoms with Gasteiger partial charge in [-0.15, -0.1) is 0 Å². The van der Waals surface area contributed by atoms with Gasteiger partial charge in [-0.1, -0.05) is 133 Å². The number of H-pyrrole nitrogens is 3. The molecule has 0 spiro atoms. The third-order valence-electron chi connectivity index (χ3n) is 7.14. The number of aromatic amines is 3. The quantitative estimate of drug-likeness (QED) is 0.229. The summed E-state index contributed by atoms with van der Waals surface area (Å²) >= 11 is 0. The first-order chi connectivity index (χ1) is 19.8. The van der Waals surface area contributed by atoms with Crippen LogP contribution in [0, 0.1) is 0 Å². The van der Waals surface area contributed by atoms with Crippen molar-refractivity contribution in [3.8, 4) is 67.8 Å². The highest BCUT2D eigenvalue weighted by atomic mass is 14.9. The van der Waals surface area contributed by atoms with Crippen LogP contribution in [0.4, 0.5) is 0 Å². The van der Waals surface area contributed by atoms with Gasteiger partial charge in [-0.2, -0.15) is 0 Å². The van der Waals surface area contributed by atoms with Crippen molar-refractivity contribution in [2.75, 3.05) is 0 Å². The highest BCUT2D eigenvalue weighted by Crippen LogP contribution is 2.34. The van der Waals surface area contributed by atoms with Crippen LogP contribution in [0.3, 0.4) is 0 Å². The van der Waals surface area contributed by atoms with E-state index < -0.39 is 0 Å². The smallest absolute Gasteiger partial charge is 0.285 e. The van der Waals surface area contributed by atoms with Gasteiger partial charge in [-0.25, -0.2) is 15.0 Å². The molecule has 3 N–H and O–H groups in total. The van der Waals surface area contributed by atoms with Crippen LogP contribution in [0.5, 0.6) is 0 Å². The maximum atomic E-state index is 5.06. The molecule has 0 unspecified atom stereocenters. The zero-order valence-corrected chi connectivity index (χ0v) is 21.8. The summed E-state index contributed by atoms with van der Waals surface area (Å²) in [6, 6.07) is 50.1. The summed E-state index contributed by atoms with van der Waals surface area (Å²) < 4.78 is 0. The SMILES string of the molecule is c1ccc(-c2nc(-c3ccc(-c4[nH]c(-c5ccccc5)c(-c5ccccc5)[nH+]4)cc3)[nH]c2-c2ccccc2)cc1. The Labute approximate surface area is 233 Å². The minimum absolute atomic E-state index is 0.842. The minimum Gasteiger partial charge on any atom is -0.337 e. The molecule has 0 saturated carbocycles. The van der Waals surface area contributed by atoms with E-state index in [0.717, 1.165) is 67.8 Å². The molecule has 0 saturated heterocycles. The molecule has 190 valence electrons. The monoisotopic (exact) mass is 515 g/mol. The topological polar surface area (TPSA) is 58.6 Å². The predicted octanol–water partition coefficient (Wildman–Crippen LogP) is 8.55. The molecule has 0 radical (unpaired) electrons. The van der Waals surface area contributed by atoms with Crippen LogP contribution in [0.15, 0.2) is 146 Å². The van der Waals surface area contributed by atoms with Gasteiger partial charge in [0, 0.05) is 27.8 Å². The van der Waals surface area contributed by atoms with Crippen LogP contribution in [0.1, 0.15) is 0 Å². The normalized spacial score (nSPS) is 11.0. The predicted molar refractivity (Wildman–Crippen MR) is 162 cm³/mol. The average molecular weight is 516 g/mol. The highest BCUT2D eigenvalue weighted by Gasteiger charge is 2.22. The number of benzene rings is 5. The third kappa shape index (κ3) is 4.52. The van der Waals surface area contributed by atoms with Crippen molar-refractivity contribution in [2.24, 2.45) is 0 Å². The van der Waals surface area contributed by atoms with Crippen LogP contribution in [0.2, 0.25) is 0 Å². The summed E-state index contributed by atoms with van der Waals surface area (Å²) in [7, 11) is 0. The molecule has 2 aromatic heterocycles. The summed E-state index contributed by atoms with van der Waals surface area (Å²) in [4.78, 5) is 16.0. The fourth-order valence-corrected chi connectivity index (χ4v) is 5.12. The summed E-state index contributed by atoms with van der Waals surface area (Å²) in [6.45, 7) is 0. The first kappa shape index (κ1) is 23.6. The molecule has 4 nitrogen and oxygen atoms in total. The Hall–Kier alpha value is -5.48. The van der Waals surface area contributed by atoms with Gasteiger partial charge in [0.1, 0.15) is 5.82 Å². The van der Waals surface area contributed by atoms with Gasteiger partial charge in [0.2, 0.25) is 0 Å². The van der Waals surface area contributed by atoms with Gasteiger partial charge in [-0.3, -0.25) is 0 Å². The van der Waals surface area contributed by atoms with Crippen molar-refractivity contribution >= 4 is 0 Å². The molecule has 5 aromatic carbocycles. The van der Waals surface area contributed by atoms with E-state index in [1.165, 1.54) is 0 Å².